The van der Waals surface area contributed by atoms with Crippen molar-refractivity contribution in [1.82, 2.24) is 4.57 Å². The van der Waals surface area contributed by atoms with Crippen LogP contribution in [0.5, 0.6) is 11.5 Å². The maximum absolute atomic E-state index is 5.39. The molecule has 0 fully saturated rings. The van der Waals surface area contributed by atoms with Crippen molar-refractivity contribution < 1.29 is 9.47 Å². The van der Waals surface area contributed by atoms with Crippen molar-refractivity contribution in [3.63, 3.8) is 0 Å². The van der Waals surface area contributed by atoms with Crippen molar-refractivity contribution in [2.24, 2.45) is 0 Å². The Labute approximate surface area is 238 Å². The molecule has 4 heteroatoms. The van der Waals surface area contributed by atoms with Crippen LogP contribution in [0, 0.1) is 0 Å². The standard InChI is InChI=1S/C36H40N2O2/c1-7-8-21-38-34-19-13-27(36(2,3)4)22-31(34)32-23-28(14-20-35(32)38)37-24-33(25-9-15-29(39-5)16-10-25)26-11-17-30(40-6)18-12-26/h9-20,22-24,37H,7-8,21H2,1-6H3. The highest BCUT2D eigenvalue weighted by Gasteiger charge is 2.17. The predicted octanol–water partition coefficient (Wildman–Crippen LogP) is 9.41. The van der Waals surface area contributed by atoms with E-state index in [9.17, 15) is 0 Å². The minimum atomic E-state index is 0.0935. The number of methoxy groups -OCH3 is 2. The van der Waals surface area contributed by atoms with E-state index in [0.717, 1.165) is 46.9 Å². The van der Waals surface area contributed by atoms with Crippen molar-refractivity contribution >= 4 is 33.1 Å². The van der Waals surface area contributed by atoms with Crippen LogP contribution in [0.1, 0.15) is 57.2 Å². The zero-order valence-corrected chi connectivity index (χ0v) is 24.5. The summed E-state index contributed by atoms with van der Waals surface area (Å²) in [5.74, 6) is 1.68. The third kappa shape index (κ3) is 5.58. The molecule has 4 aromatic carbocycles. The van der Waals surface area contributed by atoms with E-state index < -0.39 is 0 Å². The van der Waals surface area contributed by atoms with Gasteiger partial charge in [-0.2, -0.15) is 0 Å². The van der Waals surface area contributed by atoms with Gasteiger partial charge in [-0.25, -0.2) is 0 Å². The number of nitrogens with zero attached hydrogens (tertiary/aromatic N) is 1. The Hall–Kier alpha value is -4.18. The van der Waals surface area contributed by atoms with Crippen LogP contribution in [0.15, 0.2) is 91.1 Å². The smallest absolute Gasteiger partial charge is 0.118 e. The third-order valence-corrected chi connectivity index (χ3v) is 7.65. The summed E-state index contributed by atoms with van der Waals surface area (Å²) in [6.07, 6.45) is 4.43. The van der Waals surface area contributed by atoms with Crippen molar-refractivity contribution in [2.45, 2.75) is 52.5 Å². The van der Waals surface area contributed by atoms with Gasteiger partial charge >= 0.3 is 0 Å². The molecule has 1 N–H and O–H groups in total. The molecule has 5 aromatic rings. The van der Waals surface area contributed by atoms with Crippen LogP contribution in [-0.2, 0) is 12.0 Å². The summed E-state index contributed by atoms with van der Waals surface area (Å²) >= 11 is 0. The first-order valence-electron chi connectivity index (χ1n) is 14.1. The molecule has 0 bridgehead atoms. The van der Waals surface area contributed by atoms with Gasteiger partial charge in [-0.05, 0) is 83.1 Å². The molecule has 0 radical (unpaired) electrons. The topological polar surface area (TPSA) is 35.4 Å². The van der Waals surface area contributed by atoms with Crippen LogP contribution >= 0.6 is 0 Å². The second-order valence-corrected chi connectivity index (χ2v) is 11.4. The molecule has 0 aliphatic rings. The van der Waals surface area contributed by atoms with Gasteiger partial charge in [0, 0.05) is 45.8 Å². The number of hydrogen-bond donors (Lipinski definition) is 1. The number of aryl methyl sites for hydroxylation is 1. The number of rotatable bonds is 9. The highest BCUT2D eigenvalue weighted by Crippen LogP contribution is 2.35. The molecule has 5 rings (SSSR count). The first-order chi connectivity index (χ1) is 19.3. The lowest BCUT2D eigenvalue weighted by Gasteiger charge is -2.19. The molecule has 206 valence electrons. The SMILES string of the molecule is CCCCn1c2ccc(NC=C(c3ccc(OC)cc3)c3ccc(OC)cc3)cc2c2cc(C(C)(C)C)ccc21. The number of hydrogen-bond acceptors (Lipinski definition) is 3. The van der Waals surface area contributed by atoms with E-state index in [2.05, 4.69) is 104 Å². The number of benzene rings is 4. The molecule has 0 atom stereocenters. The minimum absolute atomic E-state index is 0.0935. The molecule has 0 spiro atoms. The largest absolute Gasteiger partial charge is 0.497 e. The average molecular weight is 533 g/mol. The maximum atomic E-state index is 5.39. The van der Waals surface area contributed by atoms with Gasteiger partial charge in [-0.3, -0.25) is 0 Å². The number of ether oxygens (including phenoxy) is 2. The minimum Gasteiger partial charge on any atom is -0.497 e. The Morgan fingerprint density at radius 2 is 1.30 bits per heavy atom. The number of nitrogens with one attached hydrogen (secondary N) is 1. The third-order valence-electron chi connectivity index (χ3n) is 7.65. The summed E-state index contributed by atoms with van der Waals surface area (Å²) < 4.78 is 13.3. The molecule has 40 heavy (non-hydrogen) atoms. The first-order valence-corrected chi connectivity index (χ1v) is 14.1. The van der Waals surface area contributed by atoms with Gasteiger partial charge in [0.2, 0.25) is 0 Å². The Bertz CT molecular complexity index is 1590. The molecule has 1 heterocycles. The molecule has 0 saturated heterocycles. The van der Waals surface area contributed by atoms with Gasteiger partial charge in [-0.15, -0.1) is 0 Å². The van der Waals surface area contributed by atoms with Crippen molar-refractivity contribution in [1.29, 1.82) is 0 Å². The Morgan fingerprint density at radius 1 is 0.750 bits per heavy atom. The van der Waals surface area contributed by atoms with E-state index in [1.807, 2.05) is 24.3 Å². The second-order valence-electron chi connectivity index (χ2n) is 11.4. The highest BCUT2D eigenvalue weighted by atomic mass is 16.5. The van der Waals surface area contributed by atoms with Crippen LogP contribution < -0.4 is 14.8 Å². The zero-order chi connectivity index (χ0) is 28.3. The number of fused-ring (bicyclic) bond motifs is 3. The average Bonchev–Trinajstić information content (AvgIpc) is 3.28. The fraction of sp³-hybridized carbons (Fsp3) is 0.278. The molecular formula is C36H40N2O2. The Balaban J connectivity index is 1.59. The zero-order valence-electron chi connectivity index (χ0n) is 24.5. The normalized spacial score (nSPS) is 11.6. The quantitative estimate of drug-likeness (QED) is 0.205. The molecule has 0 aliphatic heterocycles. The fourth-order valence-corrected chi connectivity index (χ4v) is 5.25. The van der Waals surface area contributed by atoms with Crippen LogP contribution in [0.2, 0.25) is 0 Å². The van der Waals surface area contributed by atoms with Gasteiger partial charge in [0.25, 0.3) is 0 Å². The van der Waals surface area contributed by atoms with E-state index in [1.165, 1.54) is 33.8 Å². The lowest BCUT2D eigenvalue weighted by Crippen LogP contribution is -2.10. The van der Waals surface area contributed by atoms with Crippen molar-refractivity contribution in [3.8, 4) is 11.5 Å². The lowest BCUT2D eigenvalue weighted by atomic mass is 9.86. The van der Waals surface area contributed by atoms with E-state index in [1.54, 1.807) is 14.2 Å². The van der Waals surface area contributed by atoms with Crippen molar-refractivity contribution in [2.75, 3.05) is 19.5 Å². The molecule has 0 unspecified atom stereocenters. The summed E-state index contributed by atoms with van der Waals surface area (Å²) in [4.78, 5) is 0. The molecule has 1 aromatic heterocycles. The molecule has 4 nitrogen and oxygen atoms in total. The first kappa shape index (κ1) is 27.4. The fourth-order valence-electron chi connectivity index (χ4n) is 5.25. The van der Waals surface area contributed by atoms with Gasteiger partial charge in [0.1, 0.15) is 11.5 Å². The summed E-state index contributed by atoms with van der Waals surface area (Å²) in [6, 6.07) is 30.1. The van der Waals surface area contributed by atoms with Gasteiger partial charge in [-0.1, -0.05) is 64.4 Å². The van der Waals surface area contributed by atoms with Gasteiger partial charge < -0.3 is 19.4 Å². The van der Waals surface area contributed by atoms with E-state index in [-0.39, 0.29) is 5.41 Å². The summed E-state index contributed by atoms with van der Waals surface area (Å²) in [6.45, 7) is 10.1. The predicted molar refractivity (Wildman–Crippen MR) is 170 cm³/mol. The summed E-state index contributed by atoms with van der Waals surface area (Å²) in [5, 5.41) is 6.22. The number of aromatic nitrogens is 1. The van der Waals surface area contributed by atoms with Gasteiger partial charge in [0.05, 0.1) is 14.2 Å². The maximum Gasteiger partial charge on any atom is 0.118 e. The van der Waals surface area contributed by atoms with E-state index in [4.69, 9.17) is 9.47 Å². The van der Waals surface area contributed by atoms with E-state index in [0.29, 0.717) is 0 Å². The van der Waals surface area contributed by atoms with Gasteiger partial charge in [0.15, 0.2) is 0 Å². The van der Waals surface area contributed by atoms with Crippen LogP contribution in [0.3, 0.4) is 0 Å². The van der Waals surface area contributed by atoms with Crippen LogP contribution in [-0.4, -0.2) is 18.8 Å². The Morgan fingerprint density at radius 3 is 1.82 bits per heavy atom. The molecule has 0 saturated carbocycles. The highest BCUT2D eigenvalue weighted by molar-refractivity contribution is 6.09. The second kappa shape index (κ2) is 11.5. The van der Waals surface area contributed by atoms with E-state index >= 15 is 0 Å². The molecular weight excluding hydrogens is 492 g/mol. The molecule has 0 aliphatic carbocycles. The Kier molecular flexibility index (Phi) is 7.88. The summed E-state index contributed by atoms with van der Waals surface area (Å²) in [7, 11) is 3.38. The van der Waals surface area contributed by atoms with Crippen LogP contribution in [0.4, 0.5) is 5.69 Å². The molecule has 0 amide bonds. The number of anilines is 1. The lowest BCUT2D eigenvalue weighted by molar-refractivity contribution is 0.414. The van der Waals surface area contributed by atoms with Crippen LogP contribution in [0.25, 0.3) is 27.4 Å². The number of unbranched alkanes of at least 4 members (excludes halogenated alkanes) is 1. The monoisotopic (exact) mass is 532 g/mol. The van der Waals surface area contributed by atoms with Crippen molar-refractivity contribution in [3.05, 3.63) is 108 Å². The summed E-state index contributed by atoms with van der Waals surface area (Å²) in [5.41, 5.74) is 8.39.